The molecule has 1 unspecified atom stereocenters. The zero-order valence-corrected chi connectivity index (χ0v) is 12.3. The molecule has 1 N–H and O–H groups in total. The van der Waals surface area contributed by atoms with E-state index >= 15 is 0 Å². The molecule has 0 aliphatic heterocycles. The van der Waals surface area contributed by atoms with Crippen LogP contribution in [-0.4, -0.2) is 14.2 Å². The van der Waals surface area contributed by atoms with E-state index in [1.54, 1.807) is 12.7 Å². The number of allylic oxidation sites excluding steroid dienone is 1. The molecule has 1 aromatic rings. The molecule has 1 aliphatic carbocycles. The van der Waals surface area contributed by atoms with Gasteiger partial charge in [0.05, 0.1) is 7.11 Å². The van der Waals surface area contributed by atoms with Gasteiger partial charge in [0.1, 0.15) is 5.75 Å². The van der Waals surface area contributed by atoms with E-state index in [-0.39, 0.29) is 0 Å². The minimum atomic E-state index is 0.346. The second-order valence-corrected chi connectivity index (χ2v) is 5.40. The topological polar surface area (TPSA) is 21.3 Å². The van der Waals surface area contributed by atoms with Gasteiger partial charge >= 0.3 is 0 Å². The summed E-state index contributed by atoms with van der Waals surface area (Å²) >= 11 is 0. The molecule has 0 saturated carbocycles. The maximum absolute atomic E-state index is 5.51. The van der Waals surface area contributed by atoms with Crippen LogP contribution in [0.15, 0.2) is 29.8 Å². The summed E-state index contributed by atoms with van der Waals surface area (Å²) < 4.78 is 5.51. The third-order valence-electron chi connectivity index (χ3n) is 3.96. The lowest BCUT2D eigenvalue weighted by Crippen LogP contribution is -2.18. The first-order chi connectivity index (χ1) is 9.24. The van der Waals surface area contributed by atoms with Crippen LogP contribution in [0.5, 0.6) is 5.75 Å². The predicted molar refractivity (Wildman–Crippen MR) is 80.7 cm³/mol. The number of hydrogen-bond acceptors (Lipinski definition) is 2. The van der Waals surface area contributed by atoms with Gasteiger partial charge in [0.25, 0.3) is 0 Å². The van der Waals surface area contributed by atoms with Crippen molar-refractivity contribution in [3.8, 4) is 5.75 Å². The van der Waals surface area contributed by atoms with Crippen molar-refractivity contribution in [3.63, 3.8) is 0 Å². The maximum atomic E-state index is 5.51. The van der Waals surface area contributed by atoms with Crippen molar-refractivity contribution >= 4 is 0 Å². The van der Waals surface area contributed by atoms with Gasteiger partial charge in [0.15, 0.2) is 0 Å². The van der Waals surface area contributed by atoms with Crippen LogP contribution >= 0.6 is 0 Å². The van der Waals surface area contributed by atoms with E-state index in [4.69, 9.17) is 4.74 Å². The zero-order chi connectivity index (χ0) is 13.7. The number of methoxy groups -OCH3 is 1. The van der Waals surface area contributed by atoms with Gasteiger partial charge in [0, 0.05) is 11.6 Å². The summed E-state index contributed by atoms with van der Waals surface area (Å²) in [5.74, 6) is 0.987. The largest absolute Gasteiger partial charge is 0.496 e. The van der Waals surface area contributed by atoms with Crippen LogP contribution in [0.25, 0.3) is 0 Å². The number of nitrogens with one attached hydrogen (secondary N) is 1. The molecule has 1 atom stereocenters. The van der Waals surface area contributed by atoms with Crippen LogP contribution < -0.4 is 10.1 Å². The van der Waals surface area contributed by atoms with Crippen LogP contribution in [0.4, 0.5) is 0 Å². The first-order valence-corrected chi connectivity index (χ1v) is 7.24. The Balaban J connectivity index is 2.20. The number of hydrogen-bond donors (Lipinski definition) is 1. The third-order valence-corrected chi connectivity index (χ3v) is 3.96. The van der Waals surface area contributed by atoms with Gasteiger partial charge in [-0.1, -0.05) is 29.3 Å². The van der Waals surface area contributed by atoms with E-state index in [2.05, 4.69) is 36.5 Å². The average Bonchev–Trinajstić information content (AvgIpc) is 2.46. The lowest BCUT2D eigenvalue weighted by atomic mass is 9.91. The molecule has 0 aromatic heterocycles. The highest BCUT2D eigenvalue weighted by molar-refractivity contribution is 5.39. The van der Waals surface area contributed by atoms with Crippen molar-refractivity contribution < 1.29 is 4.74 Å². The smallest absolute Gasteiger partial charge is 0.123 e. The molecule has 104 valence electrons. The van der Waals surface area contributed by atoms with Gasteiger partial charge in [-0.05, 0) is 52.1 Å². The van der Waals surface area contributed by atoms with Gasteiger partial charge in [0.2, 0.25) is 0 Å². The molecule has 2 heteroatoms. The van der Waals surface area contributed by atoms with E-state index < -0.39 is 0 Å². The number of rotatable bonds is 5. The maximum Gasteiger partial charge on any atom is 0.123 e. The molecule has 19 heavy (non-hydrogen) atoms. The Morgan fingerprint density at radius 1 is 1.32 bits per heavy atom. The minimum absolute atomic E-state index is 0.346. The van der Waals surface area contributed by atoms with Crippen molar-refractivity contribution in [2.45, 2.75) is 45.1 Å². The molecular formula is C17H25NO. The Hall–Kier alpha value is -1.28. The van der Waals surface area contributed by atoms with Crippen molar-refractivity contribution in [3.05, 3.63) is 41.0 Å². The predicted octanol–water partition coefficient (Wildman–Crippen LogP) is 4.15. The van der Waals surface area contributed by atoms with Crippen LogP contribution in [0.2, 0.25) is 0 Å². The molecule has 0 spiro atoms. The van der Waals surface area contributed by atoms with Crippen molar-refractivity contribution in [1.29, 1.82) is 0 Å². The van der Waals surface area contributed by atoms with Crippen LogP contribution in [0, 0.1) is 6.92 Å². The molecule has 1 aromatic carbocycles. The fraction of sp³-hybridized carbons (Fsp3) is 0.529. The molecule has 0 fully saturated rings. The van der Waals surface area contributed by atoms with E-state index in [0.717, 1.165) is 12.2 Å². The molecular weight excluding hydrogens is 234 g/mol. The second-order valence-electron chi connectivity index (χ2n) is 5.40. The molecule has 0 bridgehead atoms. The first-order valence-electron chi connectivity index (χ1n) is 7.24. The van der Waals surface area contributed by atoms with E-state index in [0.29, 0.717) is 6.04 Å². The summed E-state index contributed by atoms with van der Waals surface area (Å²) in [4.78, 5) is 0. The Bertz CT molecular complexity index is 451. The summed E-state index contributed by atoms with van der Waals surface area (Å²) in [7, 11) is 3.79. The molecule has 2 nitrogen and oxygen atoms in total. The van der Waals surface area contributed by atoms with Gasteiger partial charge in [-0.2, -0.15) is 0 Å². The first kappa shape index (κ1) is 14.1. The average molecular weight is 259 g/mol. The van der Waals surface area contributed by atoms with Crippen LogP contribution in [0.1, 0.15) is 49.3 Å². The Morgan fingerprint density at radius 2 is 2.16 bits per heavy atom. The molecule has 0 amide bonds. The minimum Gasteiger partial charge on any atom is -0.496 e. The Kier molecular flexibility index (Phi) is 5.03. The highest BCUT2D eigenvalue weighted by atomic mass is 16.5. The van der Waals surface area contributed by atoms with Crippen LogP contribution in [0.3, 0.4) is 0 Å². The van der Waals surface area contributed by atoms with Crippen molar-refractivity contribution in [2.24, 2.45) is 0 Å². The van der Waals surface area contributed by atoms with Crippen molar-refractivity contribution in [2.75, 3.05) is 14.2 Å². The molecule has 0 saturated heterocycles. The van der Waals surface area contributed by atoms with E-state index in [9.17, 15) is 0 Å². The number of benzene rings is 1. The molecule has 1 aliphatic rings. The zero-order valence-electron chi connectivity index (χ0n) is 12.3. The summed E-state index contributed by atoms with van der Waals surface area (Å²) in [5.41, 5.74) is 4.15. The molecule has 2 rings (SSSR count). The van der Waals surface area contributed by atoms with E-state index in [1.807, 2.05) is 7.05 Å². The van der Waals surface area contributed by atoms with E-state index in [1.165, 1.54) is 36.8 Å². The SMILES string of the molecule is CNC(CC1=CCCCC1)c1cc(C)ccc1OC. The Morgan fingerprint density at radius 3 is 2.79 bits per heavy atom. The van der Waals surface area contributed by atoms with Gasteiger partial charge in [-0.3, -0.25) is 0 Å². The standard InChI is InChI=1S/C17H25NO/c1-13-9-10-17(19-3)15(11-13)16(18-2)12-14-7-5-4-6-8-14/h7,9-11,16,18H,4-6,8,12H2,1-3H3. The number of ether oxygens (including phenoxy) is 1. The van der Waals surface area contributed by atoms with Crippen molar-refractivity contribution in [1.82, 2.24) is 5.32 Å². The molecule has 0 heterocycles. The van der Waals surface area contributed by atoms with Gasteiger partial charge in [-0.25, -0.2) is 0 Å². The highest BCUT2D eigenvalue weighted by Crippen LogP contribution is 2.32. The highest BCUT2D eigenvalue weighted by Gasteiger charge is 2.17. The Labute approximate surface area is 116 Å². The summed E-state index contributed by atoms with van der Waals surface area (Å²) in [5, 5.41) is 3.45. The lowest BCUT2D eigenvalue weighted by Gasteiger charge is -2.23. The monoisotopic (exact) mass is 259 g/mol. The normalized spacial score (nSPS) is 16.9. The summed E-state index contributed by atoms with van der Waals surface area (Å²) in [6.07, 6.45) is 8.71. The van der Waals surface area contributed by atoms with Gasteiger partial charge < -0.3 is 10.1 Å². The fourth-order valence-corrected chi connectivity index (χ4v) is 2.85. The molecule has 0 radical (unpaired) electrons. The fourth-order valence-electron chi connectivity index (χ4n) is 2.85. The summed E-state index contributed by atoms with van der Waals surface area (Å²) in [6.45, 7) is 2.13. The number of aryl methyl sites for hydroxylation is 1. The lowest BCUT2D eigenvalue weighted by molar-refractivity contribution is 0.400. The second kappa shape index (κ2) is 6.76. The van der Waals surface area contributed by atoms with Gasteiger partial charge in [-0.15, -0.1) is 0 Å². The third kappa shape index (κ3) is 3.60. The summed E-state index contributed by atoms with van der Waals surface area (Å²) in [6, 6.07) is 6.77. The quantitative estimate of drug-likeness (QED) is 0.802. The van der Waals surface area contributed by atoms with Crippen LogP contribution in [-0.2, 0) is 0 Å².